The Bertz CT molecular complexity index is 568. The number of halogens is 1. The quantitative estimate of drug-likeness (QED) is 0.877. The molecule has 19 heavy (non-hydrogen) atoms. The van der Waals surface area contributed by atoms with Crippen molar-refractivity contribution < 1.29 is 9.50 Å². The van der Waals surface area contributed by atoms with Gasteiger partial charge < -0.3 is 10.4 Å². The van der Waals surface area contributed by atoms with Gasteiger partial charge in [-0.15, -0.1) is 0 Å². The molecule has 0 fully saturated rings. The summed E-state index contributed by atoms with van der Waals surface area (Å²) in [7, 11) is 0. The van der Waals surface area contributed by atoms with E-state index >= 15 is 0 Å². The summed E-state index contributed by atoms with van der Waals surface area (Å²) in [5.74, 6) is 0.0804. The van der Waals surface area contributed by atoms with Crippen molar-refractivity contribution in [2.24, 2.45) is 0 Å². The lowest BCUT2D eigenvalue weighted by Gasteiger charge is -2.14. The monoisotopic (exact) mass is 259 g/mol. The maximum Gasteiger partial charge on any atom is 0.126 e. The van der Waals surface area contributed by atoms with Crippen molar-refractivity contribution in [2.75, 3.05) is 0 Å². The third-order valence-corrected chi connectivity index (χ3v) is 3.22. The van der Waals surface area contributed by atoms with Crippen LogP contribution in [0.1, 0.15) is 29.7 Å². The largest absolute Gasteiger partial charge is 0.508 e. The van der Waals surface area contributed by atoms with E-state index < -0.39 is 0 Å². The van der Waals surface area contributed by atoms with Crippen LogP contribution in [0.25, 0.3) is 0 Å². The number of hydrogen-bond donors (Lipinski definition) is 2. The fourth-order valence-corrected chi connectivity index (χ4v) is 1.93. The molecule has 0 saturated heterocycles. The molecule has 2 aromatic rings. The molecule has 0 aliphatic carbocycles. The number of aryl methyl sites for hydroxylation is 1. The van der Waals surface area contributed by atoms with E-state index in [9.17, 15) is 9.50 Å². The molecule has 0 aromatic heterocycles. The van der Waals surface area contributed by atoms with E-state index in [4.69, 9.17) is 0 Å². The molecule has 1 atom stereocenters. The Hall–Kier alpha value is -1.87. The summed E-state index contributed by atoms with van der Waals surface area (Å²) < 4.78 is 13.4. The number of phenolic OH excluding ortho intramolecular Hbond substituents is 1. The second-order valence-corrected chi connectivity index (χ2v) is 4.78. The molecule has 0 bridgehead atoms. The molecule has 0 aliphatic heterocycles. The first-order chi connectivity index (χ1) is 9.06. The third-order valence-electron chi connectivity index (χ3n) is 3.22. The van der Waals surface area contributed by atoms with Gasteiger partial charge in [-0.05, 0) is 48.7 Å². The van der Waals surface area contributed by atoms with E-state index in [1.807, 2.05) is 25.1 Å². The fourth-order valence-electron chi connectivity index (χ4n) is 1.93. The minimum atomic E-state index is -0.177. The highest BCUT2D eigenvalue weighted by molar-refractivity contribution is 5.29. The van der Waals surface area contributed by atoms with Gasteiger partial charge in [-0.2, -0.15) is 0 Å². The van der Waals surface area contributed by atoms with Gasteiger partial charge >= 0.3 is 0 Å². The van der Waals surface area contributed by atoms with Gasteiger partial charge in [-0.1, -0.05) is 24.3 Å². The van der Waals surface area contributed by atoms with Crippen molar-refractivity contribution >= 4 is 0 Å². The van der Waals surface area contributed by atoms with Gasteiger partial charge in [-0.3, -0.25) is 0 Å². The molecule has 0 spiro atoms. The van der Waals surface area contributed by atoms with Gasteiger partial charge in [0.05, 0.1) is 0 Å². The second kappa shape index (κ2) is 5.85. The zero-order valence-corrected chi connectivity index (χ0v) is 11.2. The first-order valence-corrected chi connectivity index (χ1v) is 6.33. The molecule has 0 heterocycles. The van der Waals surface area contributed by atoms with Crippen LogP contribution in [-0.2, 0) is 6.54 Å². The number of aromatic hydroxyl groups is 1. The summed E-state index contributed by atoms with van der Waals surface area (Å²) in [6.07, 6.45) is 0. The number of phenols is 1. The highest BCUT2D eigenvalue weighted by Crippen LogP contribution is 2.18. The van der Waals surface area contributed by atoms with Gasteiger partial charge in [-0.25, -0.2) is 4.39 Å². The van der Waals surface area contributed by atoms with Crippen molar-refractivity contribution in [3.05, 3.63) is 65.0 Å². The predicted octanol–water partition coefficient (Wildman–Crippen LogP) is 3.69. The average molecular weight is 259 g/mol. The average Bonchev–Trinajstić information content (AvgIpc) is 2.40. The Morgan fingerprint density at radius 1 is 1.21 bits per heavy atom. The lowest BCUT2D eigenvalue weighted by molar-refractivity contribution is 0.472. The Morgan fingerprint density at radius 2 is 2.00 bits per heavy atom. The second-order valence-electron chi connectivity index (χ2n) is 4.78. The number of hydrogen-bond acceptors (Lipinski definition) is 2. The number of nitrogens with one attached hydrogen (secondary N) is 1. The van der Waals surface area contributed by atoms with Crippen LogP contribution in [0.5, 0.6) is 5.75 Å². The molecule has 0 saturated carbocycles. The van der Waals surface area contributed by atoms with E-state index in [2.05, 4.69) is 5.32 Å². The number of rotatable bonds is 4. The smallest absolute Gasteiger partial charge is 0.126 e. The molecule has 3 heteroatoms. The molecular weight excluding hydrogens is 241 g/mol. The van der Waals surface area contributed by atoms with Crippen molar-refractivity contribution in [1.82, 2.24) is 5.32 Å². The van der Waals surface area contributed by atoms with E-state index in [0.29, 0.717) is 12.1 Å². The molecule has 0 radical (unpaired) electrons. The maximum absolute atomic E-state index is 13.4. The minimum absolute atomic E-state index is 0.0939. The van der Waals surface area contributed by atoms with Crippen LogP contribution >= 0.6 is 0 Å². The summed E-state index contributed by atoms with van der Waals surface area (Å²) >= 11 is 0. The zero-order chi connectivity index (χ0) is 13.8. The van der Waals surface area contributed by atoms with Gasteiger partial charge in [0.15, 0.2) is 0 Å². The summed E-state index contributed by atoms with van der Waals surface area (Å²) in [5, 5.41) is 12.7. The maximum atomic E-state index is 13.4. The highest BCUT2D eigenvalue weighted by Gasteiger charge is 2.06. The summed E-state index contributed by atoms with van der Waals surface area (Å²) in [5.41, 5.74) is 2.58. The van der Waals surface area contributed by atoms with Crippen molar-refractivity contribution in [3.63, 3.8) is 0 Å². The van der Waals surface area contributed by atoms with Crippen molar-refractivity contribution in [2.45, 2.75) is 26.4 Å². The van der Waals surface area contributed by atoms with E-state index in [0.717, 1.165) is 11.1 Å². The minimum Gasteiger partial charge on any atom is -0.508 e. The molecule has 1 unspecified atom stereocenters. The molecule has 2 aromatic carbocycles. The van der Waals surface area contributed by atoms with Crippen LogP contribution in [0.4, 0.5) is 4.39 Å². The summed E-state index contributed by atoms with van der Waals surface area (Å²) in [6.45, 7) is 4.36. The predicted molar refractivity (Wildman–Crippen MR) is 74.5 cm³/mol. The first kappa shape index (κ1) is 13.6. The van der Waals surface area contributed by atoms with Gasteiger partial charge in [0.25, 0.3) is 0 Å². The van der Waals surface area contributed by atoms with E-state index in [1.165, 1.54) is 0 Å². The van der Waals surface area contributed by atoms with Crippen LogP contribution in [-0.4, -0.2) is 5.11 Å². The molecule has 2 rings (SSSR count). The highest BCUT2D eigenvalue weighted by atomic mass is 19.1. The SMILES string of the molecule is Cc1ccc(CNC(C)c2cccc(O)c2)cc1F. The summed E-state index contributed by atoms with van der Waals surface area (Å²) in [4.78, 5) is 0. The fraction of sp³-hybridized carbons (Fsp3) is 0.250. The topological polar surface area (TPSA) is 32.3 Å². The van der Waals surface area contributed by atoms with Crippen molar-refractivity contribution in [3.8, 4) is 5.75 Å². The van der Waals surface area contributed by atoms with Gasteiger partial charge in [0.1, 0.15) is 11.6 Å². The van der Waals surface area contributed by atoms with Crippen LogP contribution < -0.4 is 5.32 Å². The van der Waals surface area contributed by atoms with Crippen LogP contribution in [0.15, 0.2) is 42.5 Å². The van der Waals surface area contributed by atoms with Gasteiger partial charge in [0.2, 0.25) is 0 Å². The summed E-state index contributed by atoms with van der Waals surface area (Å²) in [6, 6.07) is 12.5. The number of benzene rings is 2. The van der Waals surface area contributed by atoms with E-state index in [1.54, 1.807) is 31.2 Å². The Morgan fingerprint density at radius 3 is 2.68 bits per heavy atom. The molecule has 0 amide bonds. The van der Waals surface area contributed by atoms with Crippen LogP contribution in [0.2, 0.25) is 0 Å². The van der Waals surface area contributed by atoms with Gasteiger partial charge in [0, 0.05) is 12.6 Å². The normalized spacial score (nSPS) is 12.4. The molecular formula is C16H18FNO. The zero-order valence-electron chi connectivity index (χ0n) is 11.2. The Balaban J connectivity index is 2.00. The Labute approximate surface area is 112 Å². The lowest BCUT2D eigenvalue weighted by atomic mass is 10.1. The molecule has 2 nitrogen and oxygen atoms in total. The molecule has 0 aliphatic rings. The van der Waals surface area contributed by atoms with Crippen LogP contribution in [0, 0.1) is 12.7 Å². The van der Waals surface area contributed by atoms with Crippen molar-refractivity contribution in [1.29, 1.82) is 0 Å². The standard InChI is InChI=1S/C16H18FNO/c1-11-6-7-13(8-16(11)17)10-18-12(2)14-4-3-5-15(19)9-14/h3-9,12,18-19H,10H2,1-2H3. The van der Waals surface area contributed by atoms with E-state index in [-0.39, 0.29) is 17.6 Å². The van der Waals surface area contributed by atoms with Crippen LogP contribution in [0.3, 0.4) is 0 Å². The lowest BCUT2D eigenvalue weighted by Crippen LogP contribution is -2.18. The Kier molecular flexibility index (Phi) is 4.17. The molecule has 2 N–H and O–H groups in total. The molecule has 100 valence electrons. The third kappa shape index (κ3) is 3.55. The first-order valence-electron chi connectivity index (χ1n) is 6.33.